The molecule has 5 N–H and O–H groups in total. The Kier molecular flexibility index (Phi) is 8.31. The molecule has 0 radical (unpaired) electrons. The maximum Gasteiger partial charge on any atom is 0.355 e. The summed E-state index contributed by atoms with van der Waals surface area (Å²) in [6, 6.07) is 5.08. The van der Waals surface area contributed by atoms with E-state index in [1.807, 2.05) is 19.9 Å². The van der Waals surface area contributed by atoms with Crippen molar-refractivity contribution in [3.05, 3.63) is 69.9 Å². The number of ether oxygens (including phenoxy) is 2. The number of sulfonamides is 1. The Balaban J connectivity index is 1.24. The van der Waals surface area contributed by atoms with Gasteiger partial charge in [0.15, 0.2) is 5.83 Å². The molecule has 10 nitrogen and oxygen atoms in total. The van der Waals surface area contributed by atoms with Crippen molar-refractivity contribution in [3.63, 3.8) is 0 Å². The van der Waals surface area contributed by atoms with E-state index in [0.29, 0.717) is 56.1 Å². The molecule has 1 unspecified atom stereocenters. The minimum absolute atomic E-state index is 0.00594. The standard InChI is InChI=1S/C29H36FN5O5S/c1-18(2)17-40-29(36)28-27(23-13-21(30)4-6-25(23)33-28)24(31)16-34(32)15-19-7-10-35(11-8-19)41(37,38)22-5-3-20-9-12-39-26(20)14-22/h3,5,14,16,18-19,23,33H,7-13,15,17,31-32H2,1-2H3. The minimum Gasteiger partial charge on any atom is -0.493 e. The number of hydrogen-bond donors (Lipinski definition) is 3. The fraction of sp³-hybridized carbons (Fsp3) is 0.483. The molecule has 1 aliphatic carbocycles. The van der Waals surface area contributed by atoms with Crippen molar-refractivity contribution < 1.29 is 27.1 Å². The number of benzene rings is 1. The molecule has 1 aromatic carbocycles. The summed E-state index contributed by atoms with van der Waals surface area (Å²) < 4.78 is 53.0. The molecule has 5 rings (SSSR count). The Hall–Kier alpha value is -3.53. The number of hydrazine groups is 1. The van der Waals surface area contributed by atoms with Gasteiger partial charge in [0.25, 0.3) is 0 Å². The third-order valence-electron chi connectivity index (χ3n) is 7.66. The summed E-state index contributed by atoms with van der Waals surface area (Å²) >= 11 is 0. The largest absolute Gasteiger partial charge is 0.493 e. The Morgan fingerprint density at radius 2 is 2.07 bits per heavy atom. The van der Waals surface area contributed by atoms with Gasteiger partial charge in [0, 0.05) is 56.2 Å². The van der Waals surface area contributed by atoms with Crippen LogP contribution in [0.3, 0.4) is 0 Å². The number of carbonyl (C=O) groups is 1. The molecule has 0 bridgehead atoms. The lowest BCUT2D eigenvalue weighted by Crippen LogP contribution is -2.42. The van der Waals surface area contributed by atoms with Crippen LogP contribution in [0.2, 0.25) is 0 Å². The maximum atomic E-state index is 14.1. The average Bonchev–Trinajstić information content (AvgIpc) is 3.56. The van der Waals surface area contributed by atoms with Crippen LogP contribution in [0.4, 0.5) is 4.39 Å². The number of piperidine rings is 1. The van der Waals surface area contributed by atoms with Crippen LogP contribution < -0.4 is 21.6 Å². The van der Waals surface area contributed by atoms with Crippen LogP contribution in [0.25, 0.3) is 0 Å². The zero-order chi connectivity index (χ0) is 29.3. The molecule has 41 heavy (non-hydrogen) atoms. The average molecular weight is 586 g/mol. The van der Waals surface area contributed by atoms with Gasteiger partial charge in [0.1, 0.15) is 11.4 Å². The number of nitrogens with one attached hydrogen (secondary N) is 1. The van der Waals surface area contributed by atoms with E-state index in [0.717, 1.165) is 12.0 Å². The second-order valence-corrected chi connectivity index (χ2v) is 13.2. The molecular weight excluding hydrogens is 549 g/mol. The number of allylic oxidation sites excluding steroid dienone is 3. The molecule has 1 atom stereocenters. The summed E-state index contributed by atoms with van der Waals surface area (Å²) in [6.45, 7) is 5.82. The van der Waals surface area contributed by atoms with E-state index < -0.39 is 27.7 Å². The van der Waals surface area contributed by atoms with Gasteiger partial charge in [-0.05, 0) is 47.8 Å². The smallest absolute Gasteiger partial charge is 0.355 e. The van der Waals surface area contributed by atoms with Gasteiger partial charge >= 0.3 is 5.97 Å². The predicted octanol–water partition coefficient (Wildman–Crippen LogP) is 2.57. The molecular formula is C29H36FN5O5S. The highest BCUT2D eigenvalue weighted by Crippen LogP contribution is 2.38. The molecule has 220 valence electrons. The number of nitrogens with zero attached hydrogens (tertiary/aromatic N) is 2. The SMILES string of the molecule is CC(C)COC(=O)C1=C(C(N)=CN(N)CC2CCN(S(=O)(=O)c3ccc4c(c3)OCC4)CC2)C2CC(F)=C=C=C2N1. The van der Waals surface area contributed by atoms with Crippen LogP contribution in [0.1, 0.15) is 38.7 Å². The van der Waals surface area contributed by atoms with Crippen LogP contribution in [0.5, 0.6) is 5.75 Å². The third-order valence-corrected chi connectivity index (χ3v) is 9.55. The van der Waals surface area contributed by atoms with Crippen molar-refractivity contribution in [1.29, 1.82) is 0 Å². The Morgan fingerprint density at radius 3 is 2.80 bits per heavy atom. The van der Waals surface area contributed by atoms with Gasteiger partial charge in [0.05, 0.1) is 29.5 Å². The highest BCUT2D eigenvalue weighted by Gasteiger charge is 2.38. The number of fused-ring (bicyclic) bond motifs is 2. The molecule has 3 heterocycles. The number of carbonyl (C=O) groups excluding carboxylic acids is 1. The van der Waals surface area contributed by atoms with Gasteiger partial charge in [-0.25, -0.2) is 23.4 Å². The molecule has 0 spiro atoms. The first-order chi connectivity index (χ1) is 19.5. The number of esters is 1. The van der Waals surface area contributed by atoms with Crippen LogP contribution in [-0.4, -0.2) is 56.5 Å². The monoisotopic (exact) mass is 585 g/mol. The summed E-state index contributed by atoms with van der Waals surface area (Å²) in [5.74, 6) is 5.62. The van der Waals surface area contributed by atoms with Gasteiger partial charge in [-0.1, -0.05) is 19.9 Å². The van der Waals surface area contributed by atoms with E-state index in [1.54, 1.807) is 12.1 Å². The van der Waals surface area contributed by atoms with E-state index in [-0.39, 0.29) is 41.2 Å². The van der Waals surface area contributed by atoms with Gasteiger partial charge in [-0.2, -0.15) is 4.31 Å². The van der Waals surface area contributed by atoms with Crippen molar-refractivity contribution >= 4 is 16.0 Å². The molecule has 1 saturated heterocycles. The molecule has 4 aliphatic rings. The highest BCUT2D eigenvalue weighted by atomic mass is 32.2. The lowest BCUT2D eigenvalue weighted by molar-refractivity contribution is -0.140. The predicted molar refractivity (Wildman–Crippen MR) is 150 cm³/mol. The summed E-state index contributed by atoms with van der Waals surface area (Å²) in [4.78, 5) is 13.1. The molecule has 3 aliphatic heterocycles. The molecule has 12 heteroatoms. The second-order valence-electron chi connectivity index (χ2n) is 11.2. The normalized spacial score (nSPS) is 21.2. The van der Waals surface area contributed by atoms with Crippen molar-refractivity contribution in [1.82, 2.24) is 14.6 Å². The van der Waals surface area contributed by atoms with Crippen LogP contribution >= 0.6 is 0 Å². The maximum absolute atomic E-state index is 14.1. The van der Waals surface area contributed by atoms with Crippen molar-refractivity contribution in [3.8, 4) is 5.75 Å². The van der Waals surface area contributed by atoms with E-state index >= 15 is 0 Å². The molecule has 1 fully saturated rings. The molecule has 0 saturated carbocycles. The number of halogens is 1. The van der Waals surface area contributed by atoms with E-state index in [9.17, 15) is 17.6 Å². The topological polar surface area (TPSA) is 140 Å². The fourth-order valence-corrected chi connectivity index (χ4v) is 6.99. The van der Waals surface area contributed by atoms with E-state index in [1.165, 1.54) is 15.5 Å². The highest BCUT2D eigenvalue weighted by molar-refractivity contribution is 7.89. The summed E-state index contributed by atoms with van der Waals surface area (Å²) in [6.07, 6.45) is 3.55. The quantitative estimate of drug-likeness (QED) is 0.173. The van der Waals surface area contributed by atoms with Crippen molar-refractivity contribution in [2.24, 2.45) is 29.3 Å². The lowest BCUT2D eigenvalue weighted by atomic mass is 9.90. The first kappa shape index (κ1) is 29.0. The number of rotatable bonds is 9. The van der Waals surface area contributed by atoms with Crippen molar-refractivity contribution in [2.45, 2.75) is 44.4 Å². The van der Waals surface area contributed by atoms with Gasteiger partial charge < -0.3 is 25.5 Å². The van der Waals surface area contributed by atoms with Gasteiger partial charge in [0.2, 0.25) is 10.0 Å². The first-order valence-electron chi connectivity index (χ1n) is 13.9. The fourth-order valence-electron chi connectivity index (χ4n) is 5.50. The van der Waals surface area contributed by atoms with E-state index in [2.05, 4.69) is 16.8 Å². The number of hydrogen-bond acceptors (Lipinski definition) is 9. The van der Waals surface area contributed by atoms with E-state index in [4.69, 9.17) is 21.1 Å². The van der Waals surface area contributed by atoms with Crippen LogP contribution in [0, 0.1) is 17.8 Å². The molecule has 0 aromatic heterocycles. The zero-order valence-electron chi connectivity index (χ0n) is 23.3. The Labute approximate surface area is 239 Å². The van der Waals surface area contributed by atoms with Crippen LogP contribution in [-0.2, 0) is 26.0 Å². The first-order valence-corrected chi connectivity index (χ1v) is 15.3. The van der Waals surface area contributed by atoms with Gasteiger partial charge in [-0.3, -0.25) is 0 Å². The number of nitrogens with two attached hydrogens (primary N) is 2. The molecule has 0 amide bonds. The van der Waals surface area contributed by atoms with Crippen molar-refractivity contribution in [2.75, 3.05) is 32.8 Å². The third kappa shape index (κ3) is 6.22. The zero-order valence-corrected chi connectivity index (χ0v) is 24.1. The second kappa shape index (κ2) is 11.8. The molecule has 1 aromatic rings. The van der Waals surface area contributed by atoms with Crippen LogP contribution in [0.15, 0.2) is 69.2 Å². The summed E-state index contributed by atoms with van der Waals surface area (Å²) in [5, 5.41) is 4.43. The van der Waals surface area contributed by atoms with Gasteiger partial charge in [-0.15, -0.1) is 0 Å². The lowest BCUT2D eigenvalue weighted by Gasteiger charge is -2.33. The Morgan fingerprint density at radius 1 is 1.32 bits per heavy atom. The summed E-state index contributed by atoms with van der Waals surface area (Å²) in [5.41, 5.74) is 13.9. The Bertz CT molecular complexity index is 1500. The minimum atomic E-state index is -3.63. The summed E-state index contributed by atoms with van der Waals surface area (Å²) in [7, 11) is -3.63.